The van der Waals surface area contributed by atoms with Gasteiger partial charge in [0.25, 0.3) is 0 Å². The Balaban J connectivity index is 3.50. The van der Waals surface area contributed by atoms with E-state index in [-0.39, 0.29) is 0 Å². The summed E-state index contributed by atoms with van der Waals surface area (Å²) in [4.78, 5) is 20.1. The molecule has 0 spiro atoms. The van der Waals surface area contributed by atoms with Gasteiger partial charge in [-0.2, -0.15) is 5.10 Å². The number of carbonyl (C=O) groups is 2. The van der Waals surface area contributed by atoms with Gasteiger partial charge in [-0.3, -0.25) is 5.32 Å². The van der Waals surface area contributed by atoms with E-state index in [0.717, 1.165) is 0 Å². The minimum Gasteiger partial charge on any atom is -0.351 e. The normalized spacial score (nSPS) is 7.56. The van der Waals surface area contributed by atoms with Gasteiger partial charge in [0.2, 0.25) is 0 Å². The molecule has 0 aliphatic carbocycles. The van der Waals surface area contributed by atoms with Crippen molar-refractivity contribution in [3.63, 3.8) is 0 Å². The molecule has 0 aromatic rings. The van der Waals surface area contributed by atoms with Crippen LogP contribution in [0.25, 0.3) is 0 Å². The first-order valence-electron chi connectivity index (χ1n) is 1.99. The lowest BCUT2D eigenvalue weighted by molar-refractivity contribution is 0.232. The molecule has 9 heavy (non-hydrogen) atoms. The highest BCUT2D eigenvalue weighted by atomic mass is 16.2. The first-order chi connectivity index (χ1) is 4.16. The molecule has 0 rings (SSSR count). The molecule has 0 saturated heterocycles. The fourth-order valence-electron chi connectivity index (χ4n) is 0.212. The second-order valence-corrected chi connectivity index (χ2v) is 1.09. The van der Waals surface area contributed by atoms with Crippen LogP contribution in [0.1, 0.15) is 0 Å². The zero-order chi connectivity index (χ0) is 7.28. The predicted octanol–water partition coefficient (Wildman–Crippen LogP) is -1.02. The van der Waals surface area contributed by atoms with Crippen molar-refractivity contribution >= 4 is 18.8 Å². The van der Waals surface area contributed by atoms with E-state index in [2.05, 4.69) is 17.6 Å². The highest BCUT2D eigenvalue weighted by molar-refractivity contribution is 5.92. The summed E-state index contributed by atoms with van der Waals surface area (Å²) < 4.78 is 0. The SMILES string of the molecule is C=NNC(=O)NC(N)=O. The van der Waals surface area contributed by atoms with Crippen molar-refractivity contribution in [1.82, 2.24) is 10.7 Å². The Labute approximate surface area is 51.1 Å². The average Bonchev–Trinajstić information content (AvgIpc) is 1.63. The number of urea groups is 2. The number of nitrogens with two attached hydrogens (primary N) is 1. The molecular weight excluding hydrogens is 124 g/mol. The fourth-order valence-corrected chi connectivity index (χ4v) is 0.212. The molecule has 0 aliphatic heterocycles. The number of amides is 4. The molecule has 0 saturated carbocycles. The van der Waals surface area contributed by atoms with Crippen molar-refractivity contribution in [2.75, 3.05) is 0 Å². The molecule has 0 aromatic heterocycles. The standard InChI is InChI=1S/C3H6N4O2/c1-5-7-3(9)6-2(4)8/h1H2,(H4,4,6,7,8,9). The van der Waals surface area contributed by atoms with Crippen LogP contribution in [0.5, 0.6) is 0 Å². The molecule has 0 radical (unpaired) electrons. The average molecular weight is 130 g/mol. The molecule has 0 aliphatic rings. The number of imide groups is 1. The lowest BCUT2D eigenvalue weighted by Gasteiger charge is -1.95. The molecule has 50 valence electrons. The van der Waals surface area contributed by atoms with Gasteiger partial charge in [-0.05, 0) is 0 Å². The minimum atomic E-state index is -0.934. The van der Waals surface area contributed by atoms with Crippen molar-refractivity contribution in [3.05, 3.63) is 0 Å². The smallest absolute Gasteiger partial charge is 0.343 e. The van der Waals surface area contributed by atoms with Crippen molar-refractivity contribution in [2.24, 2.45) is 10.8 Å². The van der Waals surface area contributed by atoms with Crippen molar-refractivity contribution in [2.45, 2.75) is 0 Å². The minimum absolute atomic E-state index is 0.794. The van der Waals surface area contributed by atoms with Gasteiger partial charge in [-0.1, -0.05) is 0 Å². The third-order valence-corrected chi connectivity index (χ3v) is 0.417. The Bertz CT molecular complexity index is 143. The number of rotatable bonds is 1. The van der Waals surface area contributed by atoms with E-state index >= 15 is 0 Å². The third kappa shape index (κ3) is 4.26. The fraction of sp³-hybridized carbons (Fsp3) is 0. The van der Waals surface area contributed by atoms with Crippen molar-refractivity contribution in [1.29, 1.82) is 0 Å². The monoisotopic (exact) mass is 130 g/mol. The molecule has 0 unspecified atom stereocenters. The van der Waals surface area contributed by atoms with Gasteiger partial charge >= 0.3 is 12.1 Å². The predicted molar refractivity (Wildman–Crippen MR) is 30.8 cm³/mol. The maximum Gasteiger partial charge on any atom is 0.343 e. The van der Waals surface area contributed by atoms with E-state index in [9.17, 15) is 9.59 Å². The third-order valence-electron chi connectivity index (χ3n) is 0.417. The lowest BCUT2D eigenvalue weighted by Crippen LogP contribution is -2.40. The summed E-state index contributed by atoms with van der Waals surface area (Å²) >= 11 is 0. The second kappa shape index (κ2) is 3.42. The molecule has 4 amide bonds. The molecule has 0 heterocycles. The topological polar surface area (TPSA) is 96.6 Å². The largest absolute Gasteiger partial charge is 0.351 e. The molecule has 0 atom stereocenters. The summed E-state index contributed by atoms with van der Waals surface area (Å²) in [6.45, 7) is 2.93. The number of hydrogen-bond donors (Lipinski definition) is 3. The molecule has 6 nitrogen and oxygen atoms in total. The summed E-state index contributed by atoms with van der Waals surface area (Å²) in [5.41, 5.74) is 6.39. The summed E-state index contributed by atoms with van der Waals surface area (Å²) in [6, 6.07) is -1.73. The van der Waals surface area contributed by atoms with Crippen LogP contribution in [0.15, 0.2) is 5.10 Å². The van der Waals surface area contributed by atoms with E-state index in [4.69, 9.17) is 0 Å². The van der Waals surface area contributed by atoms with Crippen LogP contribution in [0.2, 0.25) is 0 Å². The zero-order valence-corrected chi connectivity index (χ0v) is 4.55. The van der Waals surface area contributed by atoms with Crippen molar-refractivity contribution < 1.29 is 9.59 Å². The molecule has 0 bridgehead atoms. The Morgan fingerprint density at radius 3 is 2.44 bits per heavy atom. The Morgan fingerprint density at radius 1 is 1.56 bits per heavy atom. The number of hydrogen-bond acceptors (Lipinski definition) is 3. The Morgan fingerprint density at radius 2 is 2.11 bits per heavy atom. The van der Waals surface area contributed by atoms with E-state index in [1.165, 1.54) is 0 Å². The van der Waals surface area contributed by atoms with Gasteiger partial charge in [0.05, 0.1) is 0 Å². The van der Waals surface area contributed by atoms with Gasteiger partial charge in [0, 0.05) is 6.72 Å². The molecule has 0 aromatic carbocycles. The first-order valence-corrected chi connectivity index (χ1v) is 1.99. The summed E-state index contributed by atoms with van der Waals surface area (Å²) in [6.07, 6.45) is 0. The van der Waals surface area contributed by atoms with E-state index in [1.807, 2.05) is 5.43 Å². The number of hydrazone groups is 1. The van der Waals surface area contributed by atoms with Crippen LogP contribution >= 0.6 is 0 Å². The van der Waals surface area contributed by atoms with E-state index in [0.29, 0.717) is 0 Å². The highest BCUT2D eigenvalue weighted by Gasteiger charge is 1.98. The van der Waals surface area contributed by atoms with Crippen LogP contribution in [0.3, 0.4) is 0 Å². The number of carbonyl (C=O) groups excluding carboxylic acids is 2. The van der Waals surface area contributed by atoms with Gasteiger partial charge in [0.1, 0.15) is 0 Å². The zero-order valence-electron chi connectivity index (χ0n) is 4.55. The molecule has 0 fully saturated rings. The van der Waals surface area contributed by atoms with Gasteiger partial charge in [0.15, 0.2) is 0 Å². The van der Waals surface area contributed by atoms with Crippen LogP contribution in [0.4, 0.5) is 9.59 Å². The summed E-state index contributed by atoms with van der Waals surface area (Å²) in [5.74, 6) is 0. The van der Waals surface area contributed by atoms with Crippen LogP contribution in [-0.2, 0) is 0 Å². The number of nitrogens with one attached hydrogen (secondary N) is 2. The van der Waals surface area contributed by atoms with E-state index < -0.39 is 12.1 Å². The Hall–Kier alpha value is -1.59. The quantitative estimate of drug-likeness (QED) is 0.313. The Kier molecular flexibility index (Phi) is 2.81. The van der Waals surface area contributed by atoms with E-state index in [1.54, 1.807) is 5.32 Å². The van der Waals surface area contributed by atoms with Gasteiger partial charge in [-0.15, -0.1) is 0 Å². The molecule has 6 heteroatoms. The second-order valence-electron chi connectivity index (χ2n) is 1.09. The van der Waals surface area contributed by atoms with Gasteiger partial charge < -0.3 is 5.73 Å². The highest BCUT2D eigenvalue weighted by Crippen LogP contribution is 1.61. The van der Waals surface area contributed by atoms with Crippen LogP contribution < -0.4 is 16.5 Å². The maximum atomic E-state index is 10.2. The van der Waals surface area contributed by atoms with Crippen LogP contribution in [0, 0.1) is 0 Å². The molecular formula is C3H6N4O2. The number of nitrogens with zero attached hydrogens (tertiary/aromatic N) is 1. The maximum absolute atomic E-state index is 10.2. The summed E-state index contributed by atoms with van der Waals surface area (Å²) in [5, 5.41) is 4.67. The molecule has 4 N–H and O–H groups in total. The van der Waals surface area contributed by atoms with Crippen molar-refractivity contribution in [3.8, 4) is 0 Å². The first kappa shape index (κ1) is 7.41. The summed E-state index contributed by atoms with van der Waals surface area (Å²) in [7, 11) is 0. The number of primary amides is 1. The lowest BCUT2D eigenvalue weighted by atomic mass is 10.9. The van der Waals surface area contributed by atoms with Gasteiger partial charge in [-0.25, -0.2) is 15.0 Å². The van der Waals surface area contributed by atoms with Crippen LogP contribution in [-0.4, -0.2) is 18.8 Å².